The summed E-state index contributed by atoms with van der Waals surface area (Å²) >= 11 is 1.67. The van der Waals surface area contributed by atoms with Gasteiger partial charge in [0.2, 0.25) is 0 Å². The number of aromatic nitrogens is 1. The van der Waals surface area contributed by atoms with E-state index in [0.717, 1.165) is 31.7 Å². The highest BCUT2D eigenvalue weighted by molar-refractivity contribution is 7.90. The Hall–Kier alpha value is -1.24. The molecule has 0 aliphatic carbocycles. The number of thiazole rings is 1. The molecule has 124 valence electrons. The van der Waals surface area contributed by atoms with E-state index in [1.54, 1.807) is 11.3 Å². The molecular formula is C17H22N2O2S2. The predicted octanol–water partition coefficient (Wildman–Crippen LogP) is 2.99. The Labute approximate surface area is 142 Å². The summed E-state index contributed by atoms with van der Waals surface area (Å²) < 4.78 is 22.8. The SMILES string of the molecule is Cc1ncsc1-c1ccc(CN2CCC(CS(C)(=O)=O)C2)cc1. The van der Waals surface area contributed by atoms with Crippen LogP contribution in [0.15, 0.2) is 29.8 Å². The third-order valence-corrected chi connectivity index (χ3v) is 6.33. The zero-order chi connectivity index (χ0) is 16.4. The Morgan fingerprint density at radius 1 is 1.30 bits per heavy atom. The first kappa shape index (κ1) is 16.6. The molecule has 0 amide bonds. The summed E-state index contributed by atoms with van der Waals surface area (Å²) in [6.45, 7) is 4.78. The van der Waals surface area contributed by atoms with Crippen LogP contribution in [-0.2, 0) is 16.4 Å². The van der Waals surface area contributed by atoms with Crippen molar-refractivity contribution in [3.63, 3.8) is 0 Å². The fourth-order valence-corrected chi connectivity index (χ4v) is 5.16. The third kappa shape index (κ3) is 4.40. The van der Waals surface area contributed by atoms with Gasteiger partial charge in [-0.3, -0.25) is 4.90 Å². The van der Waals surface area contributed by atoms with Crippen molar-refractivity contribution in [3.05, 3.63) is 41.0 Å². The molecule has 6 heteroatoms. The van der Waals surface area contributed by atoms with Crippen molar-refractivity contribution < 1.29 is 8.42 Å². The van der Waals surface area contributed by atoms with Crippen LogP contribution in [0.1, 0.15) is 17.7 Å². The van der Waals surface area contributed by atoms with Crippen LogP contribution >= 0.6 is 11.3 Å². The van der Waals surface area contributed by atoms with Gasteiger partial charge in [0.05, 0.1) is 21.8 Å². The highest BCUT2D eigenvalue weighted by Gasteiger charge is 2.25. The zero-order valence-electron chi connectivity index (χ0n) is 13.5. The molecule has 2 aromatic rings. The summed E-state index contributed by atoms with van der Waals surface area (Å²) in [5, 5.41) is 0. The minimum atomic E-state index is -2.87. The summed E-state index contributed by atoms with van der Waals surface area (Å²) in [7, 11) is -2.87. The maximum Gasteiger partial charge on any atom is 0.147 e. The normalized spacial score (nSPS) is 19.3. The van der Waals surface area contributed by atoms with Crippen LogP contribution in [0.25, 0.3) is 10.4 Å². The highest BCUT2D eigenvalue weighted by Crippen LogP contribution is 2.28. The summed E-state index contributed by atoms with van der Waals surface area (Å²) in [5.41, 5.74) is 5.44. The number of benzene rings is 1. The smallest absolute Gasteiger partial charge is 0.147 e. The van der Waals surface area contributed by atoms with E-state index < -0.39 is 9.84 Å². The van der Waals surface area contributed by atoms with Crippen molar-refractivity contribution in [1.82, 2.24) is 9.88 Å². The first-order chi connectivity index (χ1) is 10.9. The molecule has 23 heavy (non-hydrogen) atoms. The molecule has 2 heterocycles. The van der Waals surface area contributed by atoms with Gasteiger partial charge in [-0.2, -0.15) is 0 Å². The Kier molecular flexibility index (Phi) is 4.85. The molecule has 0 N–H and O–H groups in total. The monoisotopic (exact) mass is 350 g/mol. The van der Waals surface area contributed by atoms with Crippen molar-refractivity contribution in [2.24, 2.45) is 5.92 Å². The van der Waals surface area contributed by atoms with Crippen molar-refractivity contribution in [2.75, 3.05) is 25.1 Å². The standard InChI is InChI=1S/C17H22N2O2S2/c1-13-17(22-12-18-13)16-5-3-14(4-6-16)9-19-8-7-15(10-19)11-23(2,20)21/h3-6,12,15H,7-11H2,1-2H3. The van der Waals surface area contributed by atoms with Gasteiger partial charge >= 0.3 is 0 Å². The second-order valence-electron chi connectivity index (χ2n) is 6.45. The lowest BCUT2D eigenvalue weighted by atomic mass is 10.1. The van der Waals surface area contributed by atoms with Gasteiger partial charge in [0.25, 0.3) is 0 Å². The maximum atomic E-state index is 11.4. The molecule has 0 radical (unpaired) electrons. The van der Waals surface area contributed by atoms with Crippen LogP contribution in [-0.4, -0.2) is 43.4 Å². The van der Waals surface area contributed by atoms with Crippen LogP contribution in [0.3, 0.4) is 0 Å². The largest absolute Gasteiger partial charge is 0.299 e. The van der Waals surface area contributed by atoms with Crippen molar-refractivity contribution >= 4 is 21.2 Å². The van der Waals surface area contributed by atoms with Crippen molar-refractivity contribution in [3.8, 4) is 10.4 Å². The van der Waals surface area contributed by atoms with Gasteiger partial charge in [-0.05, 0) is 36.9 Å². The van der Waals surface area contributed by atoms with Gasteiger partial charge < -0.3 is 0 Å². The van der Waals surface area contributed by atoms with E-state index in [1.807, 2.05) is 12.4 Å². The molecule has 1 atom stereocenters. The van der Waals surface area contributed by atoms with Gasteiger partial charge in [-0.15, -0.1) is 11.3 Å². The van der Waals surface area contributed by atoms with E-state index >= 15 is 0 Å². The minimum absolute atomic E-state index is 0.282. The first-order valence-corrected chi connectivity index (χ1v) is 10.7. The molecule has 1 aromatic heterocycles. The van der Waals surface area contributed by atoms with Crippen LogP contribution in [0.5, 0.6) is 0 Å². The summed E-state index contributed by atoms with van der Waals surface area (Å²) in [5.74, 6) is 0.594. The van der Waals surface area contributed by atoms with E-state index in [4.69, 9.17) is 0 Å². The Morgan fingerprint density at radius 3 is 2.65 bits per heavy atom. The maximum absolute atomic E-state index is 11.4. The molecule has 1 aliphatic rings. The summed E-state index contributed by atoms with van der Waals surface area (Å²) in [4.78, 5) is 7.88. The molecule has 0 saturated carbocycles. The predicted molar refractivity (Wildman–Crippen MR) is 95.4 cm³/mol. The number of rotatable bonds is 5. The lowest BCUT2D eigenvalue weighted by Crippen LogP contribution is -2.22. The lowest BCUT2D eigenvalue weighted by Gasteiger charge is -2.16. The Balaban J connectivity index is 1.60. The molecule has 3 rings (SSSR count). The van der Waals surface area contributed by atoms with Crippen LogP contribution in [0, 0.1) is 12.8 Å². The van der Waals surface area contributed by atoms with Gasteiger partial charge in [0.15, 0.2) is 0 Å². The molecule has 4 nitrogen and oxygen atoms in total. The van der Waals surface area contributed by atoms with Gasteiger partial charge in [0, 0.05) is 19.3 Å². The number of aryl methyl sites for hydroxylation is 1. The second kappa shape index (κ2) is 6.71. The fourth-order valence-electron chi connectivity index (χ4n) is 3.22. The third-order valence-electron chi connectivity index (χ3n) is 4.28. The number of sulfone groups is 1. The minimum Gasteiger partial charge on any atom is -0.299 e. The van der Waals surface area contributed by atoms with Gasteiger partial charge in [-0.25, -0.2) is 13.4 Å². The van der Waals surface area contributed by atoms with E-state index in [0.29, 0.717) is 5.75 Å². The van der Waals surface area contributed by atoms with E-state index in [-0.39, 0.29) is 5.92 Å². The molecule has 0 bridgehead atoms. The van der Waals surface area contributed by atoms with Crippen LogP contribution in [0.2, 0.25) is 0 Å². The quantitative estimate of drug-likeness (QED) is 0.832. The lowest BCUT2D eigenvalue weighted by molar-refractivity contribution is 0.320. The molecule has 1 aromatic carbocycles. The van der Waals surface area contributed by atoms with Gasteiger partial charge in [-0.1, -0.05) is 24.3 Å². The average molecular weight is 351 g/mol. The Morgan fingerprint density at radius 2 is 2.04 bits per heavy atom. The highest BCUT2D eigenvalue weighted by atomic mass is 32.2. The molecule has 1 fully saturated rings. The van der Waals surface area contributed by atoms with Gasteiger partial charge in [0.1, 0.15) is 9.84 Å². The van der Waals surface area contributed by atoms with E-state index in [9.17, 15) is 8.42 Å². The molecule has 1 aliphatic heterocycles. The Bertz CT molecular complexity index is 766. The van der Waals surface area contributed by atoms with Crippen molar-refractivity contribution in [2.45, 2.75) is 19.9 Å². The molecule has 0 spiro atoms. The zero-order valence-corrected chi connectivity index (χ0v) is 15.2. The first-order valence-electron chi connectivity index (χ1n) is 7.80. The summed E-state index contributed by atoms with van der Waals surface area (Å²) in [6, 6.07) is 8.64. The molecular weight excluding hydrogens is 328 g/mol. The number of hydrogen-bond donors (Lipinski definition) is 0. The van der Waals surface area contributed by atoms with E-state index in [2.05, 4.69) is 34.1 Å². The fraction of sp³-hybridized carbons (Fsp3) is 0.471. The number of likely N-dealkylation sites (tertiary alicyclic amines) is 1. The second-order valence-corrected chi connectivity index (χ2v) is 9.49. The van der Waals surface area contributed by atoms with E-state index in [1.165, 1.54) is 22.3 Å². The number of hydrogen-bond acceptors (Lipinski definition) is 5. The van der Waals surface area contributed by atoms with Crippen LogP contribution in [0.4, 0.5) is 0 Å². The number of nitrogens with zero attached hydrogens (tertiary/aromatic N) is 2. The summed E-state index contributed by atoms with van der Waals surface area (Å²) in [6.07, 6.45) is 2.31. The average Bonchev–Trinajstić information content (AvgIpc) is 3.07. The topological polar surface area (TPSA) is 50.3 Å². The van der Waals surface area contributed by atoms with Crippen LogP contribution < -0.4 is 0 Å². The molecule has 1 saturated heterocycles. The van der Waals surface area contributed by atoms with Crippen molar-refractivity contribution in [1.29, 1.82) is 0 Å². The molecule has 1 unspecified atom stereocenters.